The SMILES string of the molecule is CCC.Cc1ccccc1CCc1ccccc1. The molecule has 0 aromatic heterocycles. The van der Waals surface area contributed by atoms with Crippen LogP contribution in [0.5, 0.6) is 0 Å². The predicted molar refractivity (Wildman–Crippen MR) is 81.0 cm³/mol. The van der Waals surface area contributed by atoms with Gasteiger partial charge in [0.1, 0.15) is 0 Å². The van der Waals surface area contributed by atoms with Crippen LogP contribution in [0.1, 0.15) is 37.0 Å². The zero-order valence-corrected chi connectivity index (χ0v) is 11.8. The fourth-order valence-electron chi connectivity index (χ4n) is 1.81. The van der Waals surface area contributed by atoms with Gasteiger partial charge in [0.15, 0.2) is 0 Å². The molecule has 0 heteroatoms. The summed E-state index contributed by atoms with van der Waals surface area (Å²) in [6, 6.07) is 19.3. The highest BCUT2D eigenvalue weighted by Gasteiger charge is 1.97. The summed E-state index contributed by atoms with van der Waals surface area (Å²) in [6.45, 7) is 6.43. The lowest BCUT2D eigenvalue weighted by Gasteiger charge is -2.05. The number of hydrogen-bond donors (Lipinski definition) is 0. The van der Waals surface area contributed by atoms with Crippen molar-refractivity contribution in [2.75, 3.05) is 0 Å². The lowest BCUT2D eigenvalue weighted by Crippen LogP contribution is -1.93. The van der Waals surface area contributed by atoms with E-state index in [1.165, 1.54) is 23.1 Å². The average Bonchev–Trinajstić information content (AvgIpc) is 2.40. The molecule has 0 heterocycles. The van der Waals surface area contributed by atoms with E-state index in [9.17, 15) is 0 Å². The van der Waals surface area contributed by atoms with Gasteiger partial charge in [-0.15, -0.1) is 0 Å². The molecule has 0 unspecified atom stereocenters. The summed E-state index contributed by atoms with van der Waals surface area (Å²) in [6.07, 6.45) is 3.52. The Bertz CT molecular complexity index is 429. The van der Waals surface area contributed by atoms with Crippen LogP contribution in [0.25, 0.3) is 0 Å². The molecule has 96 valence electrons. The van der Waals surface area contributed by atoms with Crippen LogP contribution in [0, 0.1) is 6.92 Å². The highest BCUT2D eigenvalue weighted by molar-refractivity contribution is 5.27. The largest absolute Gasteiger partial charge is 0.0656 e. The zero-order chi connectivity index (χ0) is 13.2. The van der Waals surface area contributed by atoms with Gasteiger partial charge in [-0.2, -0.15) is 0 Å². The topological polar surface area (TPSA) is 0 Å². The maximum Gasteiger partial charge on any atom is -0.0236 e. The molecule has 0 spiro atoms. The van der Waals surface area contributed by atoms with E-state index in [1.807, 2.05) is 0 Å². The normalized spacial score (nSPS) is 9.50. The Labute approximate surface area is 112 Å². The van der Waals surface area contributed by atoms with Crippen molar-refractivity contribution in [2.24, 2.45) is 0 Å². The molecule has 2 aromatic rings. The monoisotopic (exact) mass is 240 g/mol. The van der Waals surface area contributed by atoms with E-state index >= 15 is 0 Å². The van der Waals surface area contributed by atoms with Gasteiger partial charge < -0.3 is 0 Å². The van der Waals surface area contributed by atoms with Gasteiger partial charge in [-0.3, -0.25) is 0 Å². The van der Waals surface area contributed by atoms with Crippen LogP contribution >= 0.6 is 0 Å². The molecule has 0 saturated carbocycles. The van der Waals surface area contributed by atoms with Crippen LogP contribution in [0.2, 0.25) is 0 Å². The maximum absolute atomic E-state index is 2.22. The second-order valence-electron chi connectivity index (χ2n) is 4.62. The van der Waals surface area contributed by atoms with E-state index in [2.05, 4.69) is 75.4 Å². The molecule has 2 rings (SSSR count). The molecule has 0 saturated heterocycles. The highest BCUT2D eigenvalue weighted by atomic mass is 14.0. The lowest BCUT2D eigenvalue weighted by molar-refractivity contribution is 0.949. The van der Waals surface area contributed by atoms with Crippen molar-refractivity contribution in [1.29, 1.82) is 0 Å². The van der Waals surface area contributed by atoms with Crippen molar-refractivity contribution in [3.8, 4) is 0 Å². The summed E-state index contributed by atoms with van der Waals surface area (Å²) >= 11 is 0. The summed E-state index contributed by atoms with van der Waals surface area (Å²) in [5.74, 6) is 0. The van der Waals surface area contributed by atoms with E-state index in [-0.39, 0.29) is 0 Å². The molecule has 0 amide bonds. The van der Waals surface area contributed by atoms with E-state index in [4.69, 9.17) is 0 Å². The zero-order valence-electron chi connectivity index (χ0n) is 11.8. The standard InChI is InChI=1S/C15H16.C3H8/c1-13-7-5-6-10-15(13)12-11-14-8-3-2-4-9-14;1-3-2/h2-10H,11-12H2,1H3;3H2,1-2H3. The van der Waals surface area contributed by atoms with Crippen molar-refractivity contribution in [3.05, 3.63) is 71.3 Å². The highest BCUT2D eigenvalue weighted by Crippen LogP contribution is 2.11. The van der Waals surface area contributed by atoms with Crippen molar-refractivity contribution in [2.45, 2.75) is 40.0 Å². The molecule has 0 aliphatic heterocycles. The Hall–Kier alpha value is -1.56. The fraction of sp³-hybridized carbons (Fsp3) is 0.333. The van der Waals surface area contributed by atoms with Crippen molar-refractivity contribution in [1.82, 2.24) is 0 Å². The van der Waals surface area contributed by atoms with Gasteiger partial charge in [-0.1, -0.05) is 74.9 Å². The molecule has 0 atom stereocenters. The summed E-state index contributed by atoms with van der Waals surface area (Å²) < 4.78 is 0. The fourth-order valence-corrected chi connectivity index (χ4v) is 1.81. The molecule has 0 radical (unpaired) electrons. The Morgan fingerprint density at radius 1 is 0.722 bits per heavy atom. The Kier molecular flexibility index (Phi) is 6.86. The van der Waals surface area contributed by atoms with Crippen LogP contribution in [0.15, 0.2) is 54.6 Å². The van der Waals surface area contributed by atoms with Gasteiger partial charge >= 0.3 is 0 Å². The second kappa shape index (κ2) is 8.52. The number of aryl methyl sites for hydroxylation is 3. The van der Waals surface area contributed by atoms with Crippen molar-refractivity contribution in [3.63, 3.8) is 0 Å². The van der Waals surface area contributed by atoms with E-state index in [0.29, 0.717) is 0 Å². The first-order valence-corrected chi connectivity index (χ1v) is 6.86. The van der Waals surface area contributed by atoms with Gasteiger partial charge in [0.05, 0.1) is 0 Å². The summed E-state index contributed by atoms with van der Waals surface area (Å²) in [5.41, 5.74) is 4.27. The average molecular weight is 240 g/mol. The molecule has 18 heavy (non-hydrogen) atoms. The molecule has 2 aromatic carbocycles. The minimum Gasteiger partial charge on any atom is -0.0656 e. The lowest BCUT2D eigenvalue weighted by atomic mass is 10.0. The molecular formula is C18H24. The summed E-state index contributed by atoms with van der Waals surface area (Å²) in [4.78, 5) is 0. The molecule has 0 N–H and O–H groups in total. The minimum atomic E-state index is 1.13. The van der Waals surface area contributed by atoms with Gasteiger partial charge in [0.2, 0.25) is 0 Å². The number of benzene rings is 2. The predicted octanol–water partition coefficient (Wildman–Crippen LogP) is 5.20. The molecule has 0 aliphatic rings. The number of rotatable bonds is 3. The third kappa shape index (κ3) is 5.18. The van der Waals surface area contributed by atoms with E-state index < -0.39 is 0 Å². The van der Waals surface area contributed by atoms with Crippen LogP contribution < -0.4 is 0 Å². The minimum absolute atomic E-state index is 1.13. The third-order valence-corrected chi connectivity index (χ3v) is 2.79. The van der Waals surface area contributed by atoms with Gasteiger partial charge in [-0.05, 0) is 36.5 Å². The molecule has 0 bridgehead atoms. The first-order chi connectivity index (χ1) is 8.77. The van der Waals surface area contributed by atoms with Gasteiger partial charge in [-0.25, -0.2) is 0 Å². The van der Waals surface area contributed by atoms with E-state index in [0.717, 1.165) is 12.8 Å². The second-order valence-corrected chi connectivity index (χ2v) is 4.62. The molecular weight excluding hydrogens is 216 g/mol. The Morgan fingerprint density at radius 3 is 1.89 bits per heavy atom. The first kappa shape index (κ1) is 14.5. The van der Waals surface area contributed by atoms with Gasteiger partial charge in [0.25, 0.3) is 0 Å². The van der Waals surface area contributed by atoms with Crippen LogP contribution in [0.4, 0.5) is 0 Å². The smallest absolute Gasteiger partial charge is 0.0236 e. The third-order valence-electron chi connectivity index (χ3n) is 2.79. The van der Waals surface area contributed by atoms with Gasteiger partial charge in [0, 0.05) is 0 Å². The van der Waals surface area contributed by atoms with Crippen LogP contribution in [-0.4, -0.2) is 0 Å². The van der Waals surface area contributed by atoms with Crippen molar-refractivity contribution >= 4 is 0 Å². The number of hydrogen-bond acceptors (Lipinski definition) is 0. The van der Waals surface area contributed by atoms with Crippen molar-refractivity contribution < 1.29 is 0 Å². The van der Waals surface area contributed by atoms with Crippen LogP contribution in [0.3, 0.4) is 0 Å². The Balaban J connectivity index is 0.000000492. The summed E-state index contributed by atoms with van der Waals surface area (Å²) in [5, 5.41) is 0. The first-order valence-electron chi connectivity index (χ1n) is 6.86. The molecule has 0 nitrogen and oxygen atoms in total. The Morgan fingerprint density at radius 2 is 1.28 bits per heavy atom. The molecule has 0 fully saturated rings. The maximum atomic E-state index is 2.22. The van der Waals surface area contributed by atoms with Crippen LogP contribution in [-0.2, 0) is 12.8 Å². The van der Waals surface area contributed by atoms with E-state index in [1.54, 1.807) is 0 Å². The quantitative estimate of drug-likeness (QED) is 0.692. The summed E-state index contributed by atoms with van der Waals surface area (Å²) in [7, 11) is 0. The molecule has 0 aliphatic carbocycles.